The van der Waals surface area contributed by atoms with Crippen molar-refractivity contribution in [2.75, 3.05) is 4.90 Å². The van der Waals surface area contributed by atoms with Crippen LogP contribution in [0.1, 0.15) is 22.3 Å². The minimum Gasteiger partial charge on any atom is -0.310 e. The zero-order valence-corrected chi connectivity index (χ0v) is 40.5. The van der Waals surface area contributed by atoms with Gasteiger partial charge in [-0.05, 0) is 111 Å². The lowest BCUT2D eigenvalue weighted by molar-refractivity contribution is 0.768. The number of benzene rings is 12. The van der Waals surface area contributed by atoms with E-state index < -0.39 is 5.41 Å². The van der Waals surface area contributed by atoms with Crippen molar-refractivity contribution in [1.29, 1.82) is 0 Å². The topological polar surface area (TPSA) is 13.1 Å². The van der Waals surface area contributed by atoms with Gasteiger partial charge < -0.3 is 14.0 Å². The Morgan fingerprint density at radius 2 is 0.811 bits per heavy atom. The van der Waals surface area contributed by atoms with Crippen molar-refractivity contribution in [1.82, 2.24) is 9.13 Å². The number of hydrogen-bond donors (Lipinski definition) is 0. The van der Waals surface area contributed by atoms with Crippen molar-refractivity contribution in [3.05, 3.63) is 307 Å². The Bertz CT molecular complexity index is 4390. The van der Waals surface area contributed by atoms with E-state index in [0.717, 1.165) is 50.6 Å². The monoisotopic (exact) mass is 941 g/mol. The molecule has 0 atom stereocenters. The number of hydrogen-bond acceptors (Lipinski definition) is 1. The van der Waals surface area contributed by atoms with Crippen LogP contribution in [0.25, 0.3) is 88.0 Å². The van der Waals surface area contributed by atoms with Crippen LogP contribution in [0, 0.1) is 0 Å². The summed E-state index contributed by atoms with van der Waals surface area (Å²) in [7, 11) is 0. The second-order valence-corrected chi connectivity index (χ2v) is 19.6. The van der Waals surface area contributed by atoms with Crippen molar-refractivity contribution in [3.63, 3.8) is 0 Å². The summed E-state index contributed by atoms with van der Waals surface area (Å²) in [5.74, 6) is 0. The molecule has 2 aromatic heterocycles. The lowest BCUT2D eigenvalue weighted by Gasteiger charge is -2.35. The number of aromatic nitrogens is 2. The molecule has 0 aliphatic heterocycles. The second-order valence-electron chi connectivity index (χ2n) is 19.6. The van der Waals surface area contributed by atoms with Gasteiger partial charge in [-0.1, -0.05) is 218 Å². The SMILES string of the molecule is c1ccc(-n2c3ccccc3c3cccc(-c4cc(N(c5ccc6c(c5)C(c5ccccc5)(c5ccccc5)c5ccccc5-6)c5cccc6ccccc56)cc(-n5c6ccccc6c6ccccc65)c4)c32)cc1. The lowest BCUT2D eigenvalue weighted by Crippen LogP contribution is -2.28. The first-order valence-corrected chi connectivity index (χ1v) is 25.6. The third kappa shape index (κ3) is 6.20. The Balaban J connectivity index is 1.07. The van der Waals surface area contributed by atoms with E-state index in [0.29, 0.717) is 0 Å². The average molecular weight is 942 g/mol. The Morgan fingerprint density at radius 1 is 0.297 bits per heavy atom. The maximum absolute atomic E-state index is 2.53. The van der Waals surface area contributed by atoms with Crippen LogP contribution in [-0.4, -0.2) is 9.13 Å². The van der Waals surface area contributed by atoms with Gasteiger partial charge in [0.1, 0.15) is 0 Å². The van der Waals surface area contributed by atoms with Crippen molar-refractivity contribution in [3.8, 4) is 33.6 Å². The minimum atomic E-state index is -0.578. The van der Waals surface area contributed by atoms with E-state index in [-0.39, 0.29) is 0 Å². The van der Waals surface area contributed by atoms with Crippen molar-refractivity contribution in [2.45, 2.75) is 5.41 Å². The second kappa shape index (κ2) is 16.7. The van der Waals surface area contributed by atoms with Crippen LogP contribution in [0.2, 0.25) is 0 Å². The predicted molar refractivity (Wildman–Crippen MR) is 310 cm³/mol. The quantitative estimate of drug-likeness (QED) is 0.148. The highest BCUT2D eigenvalue weighted by Crippen LogP contribution is 2.58. The number of para-hydroxylation sites is 5. The van der Waals surface area contributed by atoms with Crippen molar-refractivity contribution in [2.24, 2.45) is 0 Å². The molecular weight excluding hydrogens is 895 g/mol. The van der Waals surface area contributed by atoms with Crippen LogP contribution in [-0.2, 0) is 5.41 Å². The molecule has 15 rings (SSSR count). The van der Waals surface area contributed by atoms with Crippen molar-refractivity contribution < 1.29 is 0 Å². The molecule has 0 fully saturated rings. The van der Waals surface area contributed by atoms with Crippen LogP contribution in [0.15, 0.2) is 285 Å². The van der Waals surface area contributed by atoms with Crippen LogP contribution in [0.3, 0.4) is 0 Å². The maximum atomic E-state index is 2.53. The highest BCUT2D eigenvalue weighted by molar-refractivity contribution is 6.15. The van der Waals surface area contributed by atoms with Gasteiger partial charge in [-0.2, -0.15) is 0 Å². The van der Waals surface area contributed by atoms with Gasteiger partial charge in [-0.25, -0.2) is 0 Å². The molecule has 0 N–H and O–H groups in total. The van der Waals surface area contributed by atoms with Gasteiger partial charge in [-0.15, -0.1) is 0 Å². The van der Waals surface area contributed by atoms with E-state index in [4.69, 9.17) is 0 Å². The average Bonchev–Trinajstić information content (AvgIpc) is 4.13. The smallest absolute Gasteiger partial charge is 0.0714 e. The molecule has 2 heterocycles. The molecule has 12 aromatic carbocycles. The molecule has 0 radical (unpaired) electrons. The summed E-state index contributed by atoms with van der Waals surface area (Å²) in [6.45, 7) is 0. The molecule has 0 amide bonds. The molecule has 1 aliphatic rings. The number of nitrogens with zero attached hydrogens (tertiary/aromatic N) is 3. The van der Waals surface area contributed by atoms with Crippen molar-refractivity contribution >= 4 is 71.4 Å². The molecule has 0 bridgehead atoms. The molecule has 14 aromatic rings. The van der Waals surface area contributed by atoms with E-state index in [9.17, 15) is 0 Å². The molecule has 3 heteroatoms. The minimum absolute atomic E-state index is 0.578. The van der Waals surface area contributed by atoms with E-state index in [1.54, 1.807) is 0 Å². The zero-order chi connectivity index (χ0) is 48.7. The fraction of sp³-hybridized carbons (Fsp3) is 0.0141. The molecule has 0 saturated heterocycles. The van der Waals surface area contributed by atoms with Crippen LogP contribution >= 0.6 is 0 Å². The normalized spacial score (nSPS) is 12.7. The summed E-state index contributed by atoms with van der Waals surface area (Å²) in [6, 6.07) is 106. The molecule has 3 nitrogen and oxygen atoms in total. The largest absolute Gasteiger partial charge is 0.310 e. The first kappa shape index (κ1) is 42.0. The molecule has 0 unspecified atom stereocenters. The first-order valence-electron chi connectivity index (χ1n) is 25.6. The predicted octanol–water partition coefficient (Wildman–Crippen LogP) is 18.5. The lowest BCUT2D eigenvalue weighted by atomic mass is 9.67. The van der Waals surface area contributed by atoms with Gasteiger partial charge in [0, 0.05) is 55.2 Å². The van der Waals surface area contributed by atoms with Crippen LogP contribution < -0.4 is 4.90 Å². The van der Waals surface area contributed by atoms with E-state index >= 15 is 0 Å². The van der Waals surface area contributed by atoms with E-state index in [2.05, 4.69) is 299 Å². The van der Waals surface area contributed by atoms with Gasteiger partial charge in [0.15, 0.2) is 0 Å². The molecule has 74 heavy (non-hydrogen) atoms. The number of rotatable bonds is 8. The Labute approximate surface area is 429 Å². The summed E-state index contributed by atoms with van der Waals surface area (Å²) in [5.41, 5.74) is 19.3. The number of anilines is 3. The number of fused-ring (bicyclic) bond motifs is 10. The molecule has 346 valence electrons. The van der Waals surface area contributed by atoms with E-state index in [1.807, 2.05) is 0 Å². The maximum Gasteiger partial charge on any atom is 0.0714 e. The third-order valence-electron chi connectivity index (χ3n) is 15.7. The summed E-state index contributed by atoms with van der Waals surface area (Å²) in [6.07, 6.45) is 0. The van der Waals surface area contributed by atoms with Gasteiger partial charge >= 0.3 is 0 Å². The van der Waals surface area contributed by atoms with Gasteiger partial charge in [0.2, 0.25) is 0 Å². The Hall–Kier alpha value is -9.70. The first-order chi connectivity index (χ1) is 36.7. The molecular formula is C71H47N3. The van der Waals surface area contributed by atoms with Crippen LogP contribution in [0.5, 0.6) is 0 Å². The zero-order valence-electron chi connectivity index (χ0n) is 40.5. The third-order valence-corrected chi connectivity index (χ3v) is 15.7. The summed E-state index contributed by atoms with van der Waals surface area (Å²) in [4.78, 5) is 2.53. The van der Waals surface area contributed by atoms with Gasteiger partial charge in [0.05, 0.1) is 33.2 Å². The molecule has 1 aliphatic carbocycles. The van der Waals surface area contributed by atoms with E-state index in [1.165, 1.54) is 76.7 Å². The highest BCUT2D eigenvalue weighted by atomic mass is 15.1. The Morgan fingerprint density at radius 3 is 1.51 bits per heavy atom. The fourth-order valence-electron chi connectivity index (χ4n) is 12.7. The van der Waals surface area contributed by atoms with Gasteiger partial charge in [0.25, 0.3) is 0 Å². The molecule has 0 spiro atoms. The summed E-state index contributed by atoms with van der Waals surface area (Å²) < 4.78 is 4.93. The highest BCUT2D eigenvalue weighted by Gasteiger charge is 2.46. The standard InChI is InChI=1S/C71H47N3/c1-4-24-50(25-5-1)71(51-26-6-2-7-27-51)64-37-16-12-31-58(64)59-43-42-53(47-65(59)71)72(66-41-20-23-48-22-10-11-30-56(48)66)54-44-49(45-55(46-54)73-67-38-17-13-32-60(67)61-33-14-18-39-68(61)73)57-35-21-36-63-62-34-15-19-40-69(62)74(70(57)63)52-28-8-3-9-29-52/h1-47H. The summed E-state index contributed by atoms with van der Waals surface area (Å²) >= 11 is 0. The van der Waals surface area contributed by atoms with Crippen LogP contribution in [0.4, 0.5) is 17.1 Å². The molecule has 0 saturated carbocycles. The summed E-state index contributed by atoms with van der Waals surface area (Å²) in [5, 5.41) is 7.25. The Kier molecular flexibility index (Phi) is 9.48. The van der Waals surface area contributed by atoms with Gasteiger partial charge in [-0.3, -0.25) is 0 Å². The fourth-order valence-corrected chi connectivity index (χ4v) is 12.7.